The van der Waals surface area contributed by atoms with Gasteiger partial charge in [0.15, 0.2) is 5.96 Å². The van der Waals surface area contributed by atoms with Gasteiger partial charge < -0.3 is 15.5 Å². The lowest BCUT2D eigenvalue weighted by atomic mass is 10.2. The van der Waals surface area contributed by atoms with Crippen LogP contribution in [0.25, 0.3) is 0 Å². The number of halogens is 1. The largest absolute Gasteiger partial charge is 0.357 e. The van der Waals surface area contributed by atoms with Crippen molar-refractivity contribution < 1.29 is 0 Å². The summed E-state index contributed by atoms with van der Waals surface area (Å²) in [6.07, 6.45) is 3.27. The Hall–Kier alpha value is -0.410. The molecule has 1 rings (SSSR count). The van der Waals surface area contributed by atoms with E-state index in [1.54, 1.807) is 11.3 Å². The van der Waals surface area contributed by atoms with E-state index in [1.165, 1.54) is 13.0 Å². The lowest BCUT2D eigenvalue weighted by Crippen LogP contribution is -2.42. The number of thiazole rings is 1. The molecule has 0 saturated carbocycles. The maximum absolute atomic E-state index is 4.68. The first kappa shape index (κ1) is 24.6. The van der Waals surface area contributed by atoms with Crippen LogP contribution in [0.5, 0.6) is 0 Å². The van der Waals surface area contributed by atoms with E-state index in [0.29, 0.717) is 6.04 Å². The minimum absolute atomic E-state index is 0. The van der Waals surface area contributed by atoms with Crippen molar-refractivity contribution in [2.24, 2.45) is 4.99 Å². The summed E-state index contributed by atoms with van der Waals surface area (Å²) in [5, 5.41) is 10.1. The molecule has 146 valence electrons. The molecule has 0 saturated heterocycles. The highest BCUT2D eigenvalue weighted by atomic mass is 127. The molecule has 1 aromatic rings. The monoisotopic (exact) mass is 481 g/mol. The predicted molar refractivity (Wildman–Crippen MR) is 122 cm³/mol. The van der Waals surface area contributed by atoms with E-state index in [9.17, 15) is 0 Å². The smallest absolute Gasteiger partial charge is 0.191 e. The van der Waals surface area contributed by atoms with Crippen LogP contribution in [0.3, 0.4) is 0 Å². The van der Waals surface area contributed by atoms with E-state index in [4.69, 9.17) is 0 Å². The molecule has 0 fully saturated rings. The Kier molecular flexibility index (Phi) is 14.5. The van der Waals surface area contributed by atoms with Crippen LogP contribution in [0.2, 0.25) is 0 Å². The zero-order chi connectivity index (χ0) is 17.8. The Morgan fingerprint density at radius 2 is 2.04 bits per heavy atom. The van der Waals surface area contributed by atoms with E-state index >= 15 is 0 Å². The fraction of sp³-hybridized carbons (Fsp3) is 0.778. The zero-order valence-electron chi connectivity index (χ0n) is 16.5. The number of aryl methyl sites for hydroxylation is 1. The molecular weight excluding hydrogens is 445 g/mol. The Morgan fingerprint density at radius 3 is 2.60 bits per heavy atom. The van der Waals surface area contributed by atoms with E-state index < -0.39 is 0 Å². The summed E-state index contributed by atoms with van der Waals surface area (Å²) in [6.45, 7) is 15.9. The fourth-order valence-electron chi connectivity index (χ4n) is 2.59. The normalized spacial score (nSPS) is 12.8. The van der Waals surface area contributed by atoms with Crippen molar-refractivity contribution in [2.45, 2.75) is 59.9 Å². The predicted octanol–water partition coefficient (Wildman–Crippen LogP) is 3.68. The third-order valence-electron chi connectivity index (χ3n) is 4.04. The zero-order valence-corrected chi connectivity index (χ0v) is 19.6. The Balaban J connectivity index is 0.00000576. The summed E-state index contributed by atoms with van der Waals surface area (Å²) in [5.41, 5.74) is 1.14. The second kappa shape index (κ2) is 14.7. The molecule has 0 aromatic carbocycles. The number of aromatic nitrogens is 1. The molecule has 0 amide bonds. The first-order valence-corrected chi connectivity index (χ1v) is 10.1. The molecule has 0 bridgehead atoms. The van der Waals surface area contributed by atoms with Crippen molar-refractivity contribution in [3.05, 3.63) is 16.1 Å². The van der Waals surface area contributed by atoms with Gasteiger partial charge in [0.1, 0.15) is 0 Å². The van der Waals surface area contributed by atoms with Gasteiger partial charge in [-0.2, -0.15) is 0 Å². The van der Waals surface area contributed by atoms with Gasteiger partial charge in [-0.25, -0.2) is 4.98 Å². The fourth-order valence-corrected chi connectivity index (χ4v) is 3.24. The van der Waals surface area contributed by atoms with Gasteiger partial charge in [0.25, 0.3) is 0 Å². The number of nitrogens with zero attached hydrogens (tertiary/aromatic N) is 3. The standard InChI is InChI=1S/C18H35N5S.HI/c1-6-19-18(20-12-11-17-14-24-16(5)22-17)21-15(4)10-9-13-23(7-2)8-3;/h14-15H,6-13H2,1-5H3,(H2,19,20,21);1H. The van der Waals surface area contributed by atoms with Crippen LogP contribution in [-0.2, 0) is 6.42 Å². The number of rotatable bonds is 11. The maximum atomic E-state index is 4.68. The summed E-state index contributed by atoms with van der Waals surface area (Å²) >= 11 is 1.70. The van der Waals surface area contributed by atoms with Crippen LogP contribution in [0.4, 0.5) is 0 Å². The molecule has 5 nitrogen and oxygen atoms in total. The van der Waals surface area contributed by atoms with E-state index in [-0.39, 0.29) is 24.0 Å². The highest BCUT2D eigenvalue weighted by Crippen LogP contribution is 2.08. The molecule has 7 heteroatoms. The Bertz CT molecular complexity index is 474. The quantitative estimate of drug-likeness (QED) is 0.288. The van der Waals surface area contributed by atoms with Gasteiger partial charge >= 0.3 is 0 Å². The van der Waals surface area contributed by atoms with Gasteiger partial charge in [-0.15, -0.1) is 35.3 Å². The van der Waals surface area contributed by atoms with Crippen molar-refractivity contribution in [3.8, 4) is 0 Å². The average Bonchev–Trinajstić information content (AvgIpc) is 2.97. The van der Waals surface area contributed by atoms with Crippen LogP contribution >= 0.6 is 35.3 Å². The molecule has 0 spiro atoms. The summed E-state index contributed by atoms with van der Waals surface area (Å²) < 4.78 is 0. The molecule has 0 aliphatic rings. The second-order valence-corrected chi connectivity index (χ2v) is 7.15. The van der Waals surface area contributed by atoms with E-state index in [0.717, 1.165) is 55.7 Å². The maximum Gasteiger partial charge on any atom is 0.191 e. The molecule has 1 unspecified atom stereocenters. The summed E-state index contributed by atoms with van der Waals surface area (Å²) in [5.74, 6) is 0.916. The molecule has 2 N–H and O–H groups in total. The highest BCUT2D eigenvalue weighted by Gasteiger charge is 2.06. The third kappa shape index (κ3) is 11.0. The topological polar surface area (TPSA) is 52.6 Å². The molecule has 25 heavy (non-hydrogen) atoms. The summed E-state index contributed by atoms with van der Waals surface area (Å²) in [4.78, 5) is 11.6. The second-order valence-electron chi connectivity index (χ2n) is 6.08. The van der Waals surface area contributed by atoms with Gasteiger partial charge in [0, 0.05) is 30.9 Å². The van der Waals surface area contributed by atoms with Gasteiger partial charge in [-0.05, 0) is 53.2 Å². The van der Waals surface area contributed by atoms with E-state index in [1.807, 2.05) is 6.92 Å². The molecule has 0 radical (unpaired) electrons. The van der Waals surface area contributed by atoms with Crippen molar-refractivity contribution in [2.75, 3.05) is 32.7 Å². The summed E-state index contributed by atoms with van der Waals surface area (Å²) in [6, 6.07) is 0.430. The van der Waals surface area contributed by atoms with Crippen molar-refractivity contribution >= 4 is 41.3 Å². The minimum Gasteiger partial charge on any atom is -0.357 e. The molecule has 1 heterocycles. The summed E-state index contributed by atoms with van der Waals surface area (Å²) in [7, 11) is 0. The van der Waals surface area contributed by atoms with E-state index in [2.05, 4.69) is 58.6 Å². The lowest BCUT2D eigenvalue weighted by molar-refractivity contribution is 0.292. The van der Waals surface area contributed by atoms with Gasteiger partial charge in [0.2, 0.25) is 0 Å². The van der Waals surface area contributed by atoms with Crippen LogP contribution in [0.1, 0.15) is 51.2 Å². The van der Waals surface area contributed by atoms with Crippen LogP contribution in [0.15, 0.2) is 10.4 Å². The Labute approximate surface area is 175 Å². The van der Waals surface area contributed by atoms with Crippen molar-refractivity contribution in [1.29, 1.82) is 0 Å². The molecule has 1 atom stereocenters. The number of hydrogen-bond acceptors (Lipinski definition) is 4. The number of guanidine groups is 1. The third-order valence-corrected chi connectivity index (χ3v) is 4.86. The average molecular weight is 481 g/mol. The van der Waals surface area contributed by atoms with Gasteiger partial charge in [-0.3, -0.25) is 4.99 Å². The molecule has 1 aromatic heterocycles. The van der Waals surface area contributed by atoms with Gasteiger partial charge in [-0.1, -0.05) is 13.8 Å². The minimum atomic E-state index is 0. The lowest BCUT2D eigenvalue weighted by Gasteiger charge is -2.21. The Morgan fingerprint density at radius 1 is 1.32 bits per heavy atom. The SMILES string of the molecule is CCNC(=NCCc1csc(C)n1)NC(C)CCCN(CC)CC.I. The number of aliphatic imine (C=N–C) groups is 1. The first-order chi connectivity index (χ1) is 11.6. The van der Waals surface area contributed by atoms with Gasteiger partial charge in [0.05, 0.1) is 10.7 Å². The molecule has 0 aliphatic carbocycles. The van der Waals surface area contributed by atoms with Crippen LogP contribution in [0, 0.1) is 6.92 Å². The number of hydrogen-bond donors (Lipinski definition) is 2. The molecule has 0 aliphatic heterocycles. The first-order valence-electron chi connectivity index (χ1n) is 9.27. The van der Waals surface area contributed by atoms with Crippen LogP contribution < -0.4 is 10.6 Å². The van der Waals surface area contributed by atoms with Crippen molar-refractivity contribution in [3.63, 3.8) is 0 Å². The molecular formula is C18H36IN5S. The highest BCUT2D eigenvalue weighted by molar-refractivity contribution is 14.0. The van der Waals surface area contributed by atoms with Crippen LogP contribution in [-0.4, -0.2) is 54.6 Å². The number of nitrogens with one attached hydrogen (secondary N) is 2. The van der Waals surface area contributed by atoms with Crippen molar-refractivity contribution in [1.82, 2.24) is 20.5 Å².